The molecule has 5 heteroatoms. The van der Waals surface area contributed by atoms with E-state index in [0.717, 1.165) is 23.9 Å². The van der Waals surface area contributed by atoms with Crippen molar-refractivity contribution in [2.45, 2.75) is 26.4 Å². The molecule has 0 spiro atoms. The minimum absolute atomic E-state index is 0.360. The van der Waals surface area contributed by atoms with E-state index in [-0.39, 0.29) is 0 Å². The number of nitrogens with one attached hydrogen (secondary N) is 1. The summed E-state index contributed by atoms with van der Waals surface area (Å²) < 4.78 is 28.0. The zero-order chi connectivity index (χ0) is 13.8. The average molecular weight is 265 g/mol. The van der Waals surface area contributed by atoms with Gasteiger partial charge < -0.3 is 5.32 Å². The zero-order valence-electron chi connectivity index (χ0n) is 11.1. The second kappa shape index (κ2) is 5.93. The molecule has 2 aromatic rings. The van der Waals surface area contributed by atoms with Gasteiger partial charge in [0.2, 0.25) is 0 Å². The smallest absolute Gasteiger partial charge is 0.130 e. The minimum atomic E-state index is -0.555. The third kappa shape index (κ3) is 3.38. The van der Waals surface area contributed by atoms with Gasteiger partial charge in [0.15, 0.2) is 0 Å². The molecule has 0 saturated carbocycles. The summed E-state index contributed by atoms with van der Waals surface area (Å²) in [6.45, 7) is 3.01. The van der Waals surface area contributed by atoms with Gasteiger partial charge in [0.1, 0.15) is 11.6 Å². The first-order chi connectivity index (χ1) is 9.10. The van der Waals surface area contributed by atoms with Crippen LogP contribution in [0.3, 0.4) is 0 Å². The molecule has 102 valence electrons. The van der Waals surface area contributed by atoms with Crippen LogP contribution in [0.5, 0.6) is 0 Å². The van der Waals surface area contributed by atoms with E-state index >= 15 is 0 Å². The first-order valence-electron chi connectivity index (χ1n) is 6.26. The molecule has 0 saturated heterocycles. The summed E-state index contributed by atoms with van der Waals surface area (Å²) in [6, 6.07) is 5.64. The number of halogens is 2. The van der Waals surface area contributed by atoms with Gasteiger partial charge in [0.05, 0.1) is 11.4 Å². The summed E-state index contributed by atoms with van der Waals surface area (Å²) in [6.07, 6.45) is 0.889. The van der Waals surface area contributed by atoms with Crippen LogP contribution in [0.15, 0.2) is 24.3 Å². The standard InChI is InChI=1S/C14H17F2N3/c1-3-12-7-13(19(2)18-12)9-17-8-10-4-5-11(15)6-14(10)16/h4-7,17H,3,8-9H2,1-2H3. The van der Waals surface area contributed by atoms with Gasteiger partial charge in [0.25, 0.3) is 0 Å². The van der Waals surface area contributed by atoms with Crippen molar-refractivity contribution < 1.29 is 8.78 Å². The Morgan fingerprint density at radius 3 is 2.63 bits per heavy atom. The van der Waals surface area contributed by atoms with Crippen LogP contribution in [0.4, 0.5) is 8.78 Å². The summed E-state index contributed by atoms with van der Waals surface area (Å²) in [5.41, 5.74) is 2.53. The quantitative estimate of drug-likeness (QED) is 0.900. The summed E-state index contributed by atoms with van der Waals surface area (Å²) in [5, 5.41) is 7.47. The molecule has 0 fully saturated rings. The molecule has 1 aromatic heterocycles. The zero-order valence-corrected chi connectivity index (χ0v) is 11.1. The van der Waals surface area contributed by atoms with Gasteiger partial charge in [-0.25, -0.2) is 8.78 Å². The third-order valence-corrected chi connectivity index (χ3v) is 3.03. The fourth-order valence-electron chi connectivity index (χ4n) is 1.90. The van der Waals surface area contributed by atoms with Crippen LogP contribution >= 0.6 is 0 Å². The van der Waals surface area contributed by atoms with Crippen molar-refractivity contribution in [1.29, 1.82) is 0 Å². The highest BCUT2D eigenvalue weighted by molar-refractivity contribution is 5.18. The Hall–Kier alpha value is -1.75. The monoisotopic (exact) mass is 265 g/mol. The van der Waals surface area contributed by atoms with Crippen molar-refractivity contribution in [3.8, 4) is 0 Å². The molecular formula is C14H17F2N3. The number of aryl methyl sites for hydroxylation is 2. The summed E-state index contributed by atoms with van der Waals surface area (Å²) in [4.78, 5) is 0. The molecule has 1 N–H and O–H groups in total. The predicted molar refractivity (Wildman–Crippen MR) is 69.5 cm³/mol. The fourth-order valence-corrected chi connectivity index (χ4v) is 1.90. The molecular weight excluding hydrogens is 248 g/mol. The number of aromatic nitrogens is 2. The van der Waals surface area contributed by atoms with Crippen molar-refractivity contribution in [2.75, 3.05) is 0 Å². The normalized spacial score (nSPS) is 10.9. The lowest BCUT2D eigenvalue weighted by Gasteiger charge is -2.06. The molecule has 2 rings (SSSR count). The van der Waals surface area contributed by atoms with Gasteiger partial charge in [-0.15, -0.1) is 0 Å². The molecule has 1 heterocycles. The van der Waals surface area contributed by atoms with Gasteiger partial charge in [-0.2, -0.15) is 5.10 Å². The Morgan fingerprint density at radius 1 is 1.21 bits per heavy atom. The van der Waals surface area contributed by atoms with Crippen LogP contribution in [0, 0.1) is 11.6 Å². The van der Waals surface area contributed by atoms with Gasteiger partial charge in [-0.05, 0) is 18.6 Å². The lowest BCUT2D eigenvalue weighted by molar-refractivity contribution is 0.555. The molecule has 0 bridgehead atoms. The van der Waals surface area contributed by atoms with Crippen LogP contribution in [-0.4, -0.2) is 9.78 Å². The lowest BCUT2D eigenvalue weighted by atomic mass is 10.2. The molecule has 0 aliphatic heterocycles. The Balaban J connectivity index is 1.94. The number of nitrogens with zero attached hydrogens (tertiary/aromatic N) is 2. The SMILES string of the molecule is CCc1cc(CNCc2ccc(F)cc2F)n(C)n1. The molecule has 0 unspecified atom stereocenters. The van der Waals surface area contributed by atoms with Crippen LogP contribution in [0.1, 0.15) is 23.9 Å². The maximum Gasteiger partial charge on any atom is 0.130 e. The number of hydrogen-bond acceptors (Lipinski definition) is 2. The molecule has 0 atom stereocenters. The van der Waals surface area contributed by atoms with E-state index in [1.165, 1.54) is 12.1 Å². The second-order valence-corrected chi connectivity index (χ2v) is 4.44. The lowest BCUT2D eigenvalue weighted by Crippen LogP contribution is -2.16. The van der Waals surface area contributed by atoms with E-state index in [1.807, 2.05) is 24.7 Å². The topological polar surface area (TPSA) is 29.9 Å². The van der Waals surface area contributed by atoms with E-state index in [1.54, 1.807) is 0 Å². The number of benzene rings is 1. The Labute approximate surface area is 111 Å². The Morgan fingerprint density at radius 2 is 2.00 bits per heavy atom. The highest BCUT2D eigenvalue weighted by Crippen LogP contribution is 2.10. The minimum Gasteiger partial charge on any atom is -0.307 e. The molecule has 3 nitrogen and oxygen atoms in total. The summed E-state index contributed by atoms with van der Waals surface area (Å²) >= 11 is 0. The predicted octanol–water partition coefficient (Wildman–Crippen LogP) is 2.55. The number of hydrogen-bond donors (Lipinski definition) is 1. The van der Waals surface area contributed by atoms with Crippen molar-refractivity contribution in [3.05, 3.63) is 52.9 Å². The van der Waals surface area contributed by atoms with E-state index in [4.69, 9.17) is 0 Å². The highest BCUT2D eigenvalue weighted by atomic mass is 19.1. The first-order valence-corrected chi connectivity index (χ1v) is 6.26. The van der Waals surface area contributed by atoms with Crippen LogP contribution in [0.2, 0.25) is 0 Å². The first kappa shape index (κ1) is 13.7. The van der Waals surface area contributed by atoms with Crippen LogP contribution in [-0.2, 0) is 26.6 Å². The molecule has 19 heavy (non-hydrogen) atoms. The van der Waals surface area contributed by atoms with E-state index < -0.39 is 11.6 Å². The maximum absolute atomic E-state index is 13.4. The maximum atomic E-state index is 13.4. The Kier molecular flexibility index (Phi) is 4.27. The van der Waals surface area contributed by atoms with Gasteiger partial charge in [0, 0.05) is 31.8 Å². The number of rotatable bonds is 5. The van der Waals surface area contributed by atoms with E-state index in [2.05, 4.69) is 10.4 Å². The van der Waals surface area contributed by atoms with Crippen LogP contribution < -0.4 is 5.32 Å². The van der Waals surface area contributed by atoms with Gasteiger partial charge in [-0.1, -0.05) is 13.0 Å². The highest BCUT2D eigenvalue weighted by Gasteiger charge is 2.06. The largest absolute Gasteiger partial charge is 0.307 e. The van der Waals surface area contributed by atoms with Crippen molar-refractivity contribution in [2.24, 2.45) is 7.05 Å². The molecule has 1 aromatic carbocycles. The van der Waals surface area contributed by atoms with E-state index in [0.29, 0.717) is 18.7 Å². The Bertz CT molecular complexity index is 564. The molecule has 0 radical (unpaired) electrons. The van der Waals surface area contributed by atoms with Crippen molar-refractivity contribution in [1.82, 2.24) is 15.1 Å². The van der Waals surface area contributed by atoms with Gasteiger partial charge in [-0.3, -0.25) is 4.68 Å². The molecule has 0 aliphatic carbocycles. The van der Waals surface area contributed by atoms with E-state index in [9.17, 15) is 8.78 Å². The second-order valence-electron chi connectivity index (χ2n) is 4.44. The van der Waals surface area contributed by atoms with Crippen LogP contribution in [0.25, 0.3) is 0 Å². The summed E-state index contributed by atoms with van der Waals surface area (Å²) in [7, 11) is 1.88. The van der Waals surface area contributed by atoms with Gasteiger partial charge >= 0.3 is 0 Å². The fraction of sp³-hybridized carbons (Fsp3) is 0.357. The average Bonchev–Trinajstić information content (AvgIpc) is 2.73. The molecule has 0 amide bonds. The van der Waals surface area contributed by atoms with Crippen molar-refractivity contribution >= 4 is 0 Å². The summed E-state index contributed by atoms with van der Waals surface area (Å²) in [5.74, 6) is -1.08. The third-order valence-electron chi connectivity index (χ3n) is 3.03. The molecule has 0 aliphatic rings. The van der Waals surface area contributed by atoms with Crippen molar-refractivity contribution in [3.63, 3.8) is 0 Å².